The summed E-state index contributed by atoms with van der Waals surface area (Å²) >= 11 is 0. The van der Waals surface area contributed by atoms with Crippen LogP contribution >= 0.6 is 0 Å². The normalized spacial score (nSPS) is 13.3. The van der Waals surface area contributed by atoms with Crippen molar-refractivity contribution in [1.29, 1.82) is 0 Å². The van der Waals surface area contributed by atoms with Crippen LogP contribution in [0.4, 0.5) is 0 Å². The van der Waals surface area contributed by atoms with Crippen molar-refractivity contribution >= 4 is 10.1 Å². The first-order valence-corrected chi connectivity index (χ1v) is 7.65. The van der Waals surface area contributed by atoms with Crippen LogP contribution in [-0.4, -0.2) is 20.8 Å². The smallest absolute Gasteiger partial charge is 0.254 e. The lowest BCUT2D eigenvalue weighted by molar-refractivity contribution is 0.251. The van der Waals surface area contributed by atoms with Crippen LogP contribution in [0.25, 0.3) is 0 Å². The molecule has 0 fully saturated rings. The Morgan fingerprint density at radius 2 is 1.75 bits per heavy atom. The van der Waals surface area contributed by atoms with E-state index < -0.39 is 16.2 Å². The van der Waals surface area contributed by atoms with Crippen molar-refractivity contribution in [3.05, 3.63) is 0 Å². The highest BCUT2D eigenvalue weighted by atomic mass is 32.2. The Bertz CT molecular complexity index is 301. The molecule has 0 radical (unpaired) electrons. The molecule has 0 aromatic heterocycles. The molecule has 0 saturated carbocycles. The summed E-state index contributed by atoms with van der Waals surface area (Å²) in [5, 5.41) is 0. The molecule has 4 heteroatoms. The average molecular weight is 246 g/mol. The van der Waals surface area contributed by atoms with Gasteiger partial charge in [0.25, 0.3) is 10.1 Å². The van der Waals surface area contributed by atoms with Gasteiger partial charge in [0.1, 0.15) is 6.10 Å². The molecule has 0 spiro atoms. The lowest BCUT2D eigenvalue weighted by atomic mass is 10.1. The minimum Gasteiger partial charge on any atom is -0.254 e. The molecular weight excluding hydrogens is 224 g/mol. The molecule has 0 aliphatic rings. The van der Waals surface area contributed by atoms with Crippen molar-refractivity contribution < 1.29 is 12.6 Å². The first-order chi connectivity index (χ1) is 7.49. The van der Waals surface area contributed by atoms with Crippen LogP contribution in [-0.2, 0) is 14.3 Å². The fraction of sp³-hybridized carbons (Fsp3) is 0.833. The molecule has 0 rings (SSSR count). The third-order valence-corrected chi connectivity index (χ3v) is 2.88. The van der Waals surface area contributed by atoms with E-state index >= 15 is 0 Å². The van der Waals surface area contributed by atoms with E-state index in [4.69, 9.17) is 10.6 Å². The van der Waals surface area contributed by atoms with Gasteiger partial charge in [0.05, 0.1) is 6.26 Å². The van der Waals surface area contributed by atoms with Crippen molar-refractivity contribution in [3.8, 4) is 12.3 Å². The van der Waals surface area contributed by atoms with E-state index in [-0.39, 0.29) is 0 Å². The average Bonchev–Trinajstić information content (AvgIpc) is 2.19. The second kappa shape index (κ2) is 8.60. The Hall–Kier alpha value is -0.530. The van der Waals surface area contributed by atoms with Gasteiger partial charge in [0, 0.05) is 0 Å². The van der Waals surface area contributed by atoms with Crippen LogP contribution in [0.2, 0.25) is 0 Å². The summed E-state index contributed by atoms with van der Waals surface area (Å²) in [5.41, 5.74) is 0. The molecule has 0 aliphatic heterocycles. The number of rotatable bonds is 9. The Morgan fingerprint density at radius 3 is 2.25 bits per heavy atom. The highest BCUT2D eigenvalue weighted by Crippen LogP contribution is 2.11. The third-order valence-electron chi connectivity index (χ3n) is 2.30. The summed E-state index contributed by atoms with van der Waals surface area (Å²) in [7, 11) is -3.43. The largest absolute Gasteiger partial charge is 0.265 e. The van der Waals surface area contributed by atoms with Crippen LogP contribution in [0.15, 0.2) is 0 Å². The number of unbranched alkanes of at least 4 members (excludes halogenated alkanes) is 5. The fourth-order valence-corrected chi connectivity index (χ4v) is 2.05. The van der Waals surface area contributed by atoms with E-state index in [1.54, 1.807) is 0 Å². The van der Waals surface area contributed by atoms with Gasteiger partial charge in [-0.2, -0.15) is 8.42 Å². The van der Waals surface area contributed by atoms with Gasteiger partial charge in [-0.25, -0.2) is 0 Å². The van der Waals surface area contributed by atoms with E-state index in [2.05, 4.69) is 12.8 Å². The van der Waals surface area contributed by atoms with Gasteiger partial charge in [-0.15, -0.1) is 6.42 Å². The lowest BCUT2D eigenvalue weighted by Gasteiger charge is -2.09. The second-order valence-corrected chi connectivity index (χ2v) is 5.61. The molecule has 0 N–H and O–H groups in total. The van der Waals surface area contributed by atoms with Crippen molar-refractivity contribution in [2.45, 2.75) is 58.0 Å². The summed E-state index contributed by atoms with van der Waals surface area (Å²) in [6.07, 6.45) is 13.2. The summed E-state index contributed by atoms with van der Waals surface area (Å²) < 4.78 is 26.5. The highest BCUT2D eigenvalue weighted by Gasteiger charge is 2.11. The SMILES string of the molecule is C#C[C@@H](CCCCCCCC)OS(C)(=O)=O. The molecule has 0 amide bonds. The van der Waals surface area contributed by atoms with E-state index in [1.807, 2.05) is 0 Å². The highest BCUT2D eigenvalue weighted by molar-refractivity contribution is 7.86. The van der Waals surface area contributed by atoms with Crippen molar-refractivity contribution in [2.24, 2.45) is 0 Å². The molecule has 0 unspecified atom stereocenters. The predicted molar refractivity (Wildman–Crippen MR) is 66.5 cm³/mol. The Kier molecular flexibility index (Phi) is 8.32. The van der Waals surface area contributed by atoms with Gasteiger partial charge in [-0.05, 0) is 12.8 Å². The lowest BCUT2D eigenvalue weighted by Crippen LogP contribution is -2.15. The first-order valence-electron chi connectivity index (χ1n) is 5.84. The molecule has 3 nitrogen and oxygen atoms in total. The number of hydrogen-bond donors (Lipinski definition) is 0. The Balaban J connectivity index is 3.62. The topological polar surface area (TPSA) is 43.4 Å². The molecule has 16 heavy (non-hydrogen) atoms. The standard InChI is InChI=1S/C12H22O3S/c1-4-6-7-8-9-10-11-12(5-2)15-16(3,13)14/h2,12H,4,6-11H2,1,3H3/t12-/m0/s1. The zero-order valence-electron chi connectivity index (χ0n) is 10.2. The van der Waals surface area contributed by atoms with E-state index in [9.17, 15) is 8.42 Å². The minimum atomic E-state index is -3.43. The summed E-state index contributed by atoms with van der Waals surface area (Å²) in [6.45, 7) is 2.17. The molecule has 0 bridgehead atoms. The van der Waals surface area contributed by atoms with Gasteiger partial charge < -0.3 is 0 Å². The fourth-order valence-electron chi connectivity index (χ4n) is 1.48. The summed E-state index contributed by atoms with van der Waals surface area (Å²) in [5.74, 6) is 2.36. The van der Waals surface area contributed by atoms with Crippen molar-refractivity contribution in [3.63, 3.8) is 0 Å². The second-order valence-electron chi connectivity index (χ2n) is 4.01. The molecule has 0 saturated heterocycles. The summed E-state index contributed by atoms with van der Waals surface area (Å²) in [4.78, 5) is 0. The molecule has 0 aliphatic carbocycles. The molecule has 94 valence electrons. The van der Waals surface area contributed by atoms with Gasteiger partial charge in [0.15, 0.2) is 0 Å². The van der Waals surface area contributed by atoms with Gasteiger partial charge >= 0.3 is 0 Å². The number of hydrogen-bond acceptors (Lipinski definition) is 3. The molecule has 0 aromatic rings. The number of terminal acetylenes is 1. The predicted octanol–water partition coefficient (Wildman–Crippen LogP) is 2.72. The quantitative estimate of drug-likeness (QED) is 0.357. The third kappa shape index (κ3) is 10.0. The maximum atomic E-state index is 10.9. The minimum absolute atomic E-state index is 0.596. The monoisotopic (exact) mass is 246 g/mol. The van der Waals surface area contributed by atoms with E-state index in [0.29, 0.717) is 6.42 Å². The molecule has 0 aromatic carbocycles. The van der Waals surface area contributed by atoms with Gasteiger partial charge in [-0.1, -0.05) is 44.9 Å². The van der Waals surface area contributed by atoms with Gasteiger partial charge in [0.2, 0.25) is 0 Å². The van der Waals surface area contributed by atoms with Crippen LogP contribution in [0, 0.1) is 12.3 Å². The van der Waals surface area contributed by atoms with Crippen LogP contribution in [0.1, 0.15) is 51.9 Å². The van der Waals surface area contributed by atoms with E-state index in [0.717, 1.165) is 19.1 Å². The van der Waals surface area contributed by atoms with Crippen LogP contribution in [0.5, 0.6) is 0 Å². The zero-order valence-corrected chi connectivity index (χ0v) is 11.1. The Labute approximate surface area is 99.7 Å². The first kappa shape index (κ1) is 15.5. The maximum absolute atomic E-state index is 10.9. The van der Waals surface area contributed by atoms with E-state index in [1.165, 1.54) is 25.7 Å². The maximum Gasteiger partial charge on any atom is 0.265 e. The van der Waals surface area contributed by atoms with Gasteiger partial charge in [-0.3, -0.25) is 4.18 Å². The molecular formula is C12H22O3S. The molecule has 0 heterocycles. The van der Waals surface area contributed by atoms with Crippen molar-refractivity contribution in [2.75, 3.05) is 6.26 Å². The van der Waals surface area contributed by atoms with Crippen LogP contribution in [0.3, 0.4) is 0 Å². The summed E-state index contributed by atoms with van der Waals surface area (Å²) in [6, 6.07) is 0. The van der Waals surface area contributed by atoms with Crippen molar-refractivity contribution in [1.82, 2.24) is 0 Å². The zero-order chi connectivity index (χ0) is 12.4. The Morgan fingerprint density at radius 1 is 1.19 bits per heavy atom. The molecule has 1 atom stereocenters. The van der Waals surface area contributed by atoms with Crippen LogP contribution < -0.4 is 0 Å².